The first kappa shape index (κ1) is 18.9. The Kier molecular flexibility index (Phi) is 15.8. The summed E-state index contributed by atoms with van der Waals surface area (Å²) < 4.78 is 10.6. The van der Waals surface area contributed by atoms with Crippen molar-refractivity contribution in [1.82, 2.24) is 0 Å². The normalized spacial score (nSPS) is 11.1. The Morgan fingerprint density at radius 3 is 1.58 bits per heavy atom. The van der Waals surface area contributed by atoms with Gasteiger partial charge in [-0.3, -0.25) is 0 Å². The van der Waals surface area contributed by atoms with E-state index in [0.29, 0.717) is 0 Å². The van der Waals surface area contributed by atoms with Crippen LogP contribution in [0.5, 0.6) is 0 Å². The summed E-state index contributed by atoms with van der Waals surface area (Å²) in [5.74, 6) is 0. The molecule has 2 nitrogen and oxygen atoms in total. The summed E-state index contributed by atoms with van der Waals surface area (Å²) in [6.45, 7) is 3.75. The molecule has 0 atom stereocenters. The zero-order valence-corrected chi connectivity index (χ0v) is 14.3. The van der Waals surface area contributed by atoms with Crippen molar-refractivity contribution in [1.29, 1.82) is 0 Å². The van der Waals surface area contributed by atoms with E-state index in [1.165, 1.54) is 70.6 Å². The van der Waals surface area contributed by atoms with Crippen molar-refractivity contribution in [2.75, 3.05) is 14.2 Å². The fourth-order valence-corrected chi connectivity index (χ4v) is 3.63. The van der Waals surface area contributed by atoms with Gasteiger partial charge in [-0.25, -0.2) is 0 Å². The molecule has 0 bridgehead atoms. The molecule has 0 aromatic heterocycles. The molecule has 0 unspecified atom stereocenters. The summed E-state index contributed by atoms with van der Waals surface area (Å²) in [5.41, 5.74) is 0. The van der Waals surface area contributed by atoms with Crippen molar-refractivity contribution >= 4 is 9.28 Å². The molecule has 0 saturated heterocycles. The second-order valence-electron chi connectivity index (χ2n) is 5.30. The summed E-state index contributed by atoms with van der Waals surface area (Å²) in [5, 5.41) is 0. The van der Waals surface area contributed by atoms with Gasteiger partial charge in [0.25, 0.3) is 0 Å². The van der Waals surface area contributed by atoms with Crippen LogP contribution in [-0.4, -0.2) is 23.5 Å². The van der Waals surface area contributed by atoms with Crippen molar-refractivity contribution < 1.29 is 8.85 Å². The summed E-state index contributed by atoms with van der Waals surface area (Å²) in [6.07, 6.45) is 17.0. The summed E-state index contributed by atoms with van der Waals surface area (Å²) in [4.78, 5) is 0. The van der Waals surface area contributed by atoms with Crippen molar-refractivity contribution in [3.63, 3.8) is 0 Å². The Morgan fingerprint density at radius 1 is 0.737 bits per heavy atom. The van der Waals surface area contributed by atoms with E-state index in [1.807, 2.05) is 6.08 Å². The van der Waals surface area contributed by atoms with Gasteiger partial charge in [-0.05, 0) is 18.9 Å². The average Bonchev–Trinajstić information content (AvgIpc) is 2.44. The van der Waals surface area contributed by atoms with Crippen molar-refractivity contribution in [2.45, 2.75) is 76.7 Å². The predicted octanol–water partition coefficient (Wildman–Crippen LogP) is 4.98. The van der Waals surface area contributed by atoms with Crippen LogP contribution in [0.1, 0.15) is 70.6 Å². The third kappa shape index (κ3) is 14.1. The molecule has 0 amide bonds. The molecule has 0 aliphatic heterocycles. The van der Waals surface area contributed by atoms with Gasteiger partial charge in [-0.2, -0.15) is 0 Å². The van der Waals surface area contributed by atoms with Crippen molar-refractivity contribution in [3.05, 3.63) is 12.7 Å². The molecule has 0 aliphatic carbocycles. The molecule has 0 aromatic rings. The van der Waals surface area contributed by atoms with E-state index in [4.69, 9.17) is 8.85 Å². The highest BCUT2D eigenvalue weighted by Crippen LogP contribution is 2.13. The second kappa shape index (κ2) is 15.9. The summed E-state index contributed by atoms with van der Waals surface area (Å²) >= 11 is 0. The van der Waals surface area contributed by atoms with Crippen LogP contribution in [-0.2, 0) is 8.85 Å². The molecule has 0 spiro atoms. The highest BCUT2D eigenvalue weighted by molar-refractivity contribution is 6.44. The van der Waals surface area contributed by atoms with E-state index in [1.54, 1.807) is 14.2 Å². The Labute approximate surface area is 122 Å². The van der Waals surface area contributed by atoms with Crippen molar-refractivity contribution in [3.8, 4) is 0 Å². The van der Waals surface area contributed by atoms with E-state index >= 15 is 0 Å². The minimum atomic E-state index is -1.28. The molecular weight excluding hydrogens is 252 g/mol. The maximum atomic E-state index is 5.31. The van der Waals surface area contributed by atoms with Gasteiger partial charge in [0.2, 0.25) is 0 Å². The van der Waals surface area contributed by atoms with Gasteiger partial charge in [-0.1, -0.05) is 63.9 Å². The smallest absolute Gasteiger partial charge is 0.320 e. The van der Waals surface area contributed by atoms with Gasteiger partial charge in [0, 0.05) is 14.2 Å². The predicted molar refractivity (Wildman–Crippen MR) is 87.0 cm³/mol. The Balaban J connectivity index is 3.04. The minimum absolute atomic E-state index is 1.16. The van der Waals surface area contributed by atoms with E-state index in [9.17, 15) is 0 Å². The molecule has 3 heteroatoms. The minimum Gasteiger partial charge on any atom is -0.400 e. The van der Waals surface area contributed by atoms with Crippen molar-refractivity contribution in [2.24, 2.45) is 0 Å². The lowest BCUT2D eigenvalue weighted by Gasteiger charge is -2.10. The first-order chi connectivity index (χ1) is 9.35. The molecule has 0 heterocycles. The van der Waals surface area contributed by atoms with Gasteiger partial charge >= 0.3 is 9.28 Å². The summed E-state index contributed by atoms with van der Waals surface area (Å²) in [7, 11) is 2.26. The highest BCUT2D eigenvalue weighted by Gasteiger charge is 2.07. The van der Waals surface area contributed by atoms with Gasteiger partial charge in [0.05, 0.1) is 0 Å². The number of hydrogen-bond acceptors (Lipinski definition) is 2. The maximum Gasteiger partial charge on any atom is 0.320 e. The lowest BCUT2D eigenvalue weighted by molar-refractivity contribution is 0.276. The van der Waals surface area contributed by atoms with Crippen LogP contribution in [0, 0.1) is 0 Å². The Hall–Kier alpha value is -0.123. The quantitative estimate of drug-likeness (QED) is 0.240. The fourth-order valence-electron chi connectivity index (χ4n) is 2.35. The second-order valence-corrected chi connectivity index (χ2v) is 7.68. The molecule has 0 fully saturated rings. The third-order valence-corrected chi connectivity index (χ3v) is 5.56. The molecule has 0 aromatic carbocycles. The van der Waals surface area contributed by atoms with Crippen LogP contribution in [0.3, 0.4) is 0 Å². The van der Waals surface area contributed by atoms with E-state index < -0.39 is 9.28 Å². The first-order valence-electron chi connectivity index (χ1n) is 8.01. The molecule has 114 valence electrons. The lowest BCUT2D eigenvalue weighted by Crippen LogP contribution is -2.18. The molecule has 0 saturated carbocycles. The van der Waals surface area contributed by atoms with Gasteiger partial charge in [0.15, 0.2) is 0 Å². The zero-order chi connectivity index (χ0) is 14.2. The average molecular weight is 287 g/mol. The van der Waals surface area contributed by atoms with Gasteiger partial charge in [-0.15, -0.1) is 6.58 Å². The largest absolute Gasteiger partial charge is 0.400 e. The number of rotatable bonds is 15. The van der Waals surface area contributed by atoms with Gasteiger partial charge < -0.3 is 8.85 Å². The fraction of sp³-hybridized carbons (Fsp3) is 0.875. The molecule has 0 radical (unpaired) electrons. The topological polar surface area (TPSA) is 18.5 Å². The number of allylic oxidation sites excluding steroid dienone is 1. The number of unbranched alkanes of at least 4 members (excludes halogenated alkanes) is 10. The standard InChI is InChI=1S/C16H34O2Si/c1-4-5-6-7-8-9-10-11-12-13-14-15-16-19(17-2)18-3/h4,19H,1,5-16H2,2-3H3. The third-order valence-electron chi connectivity index (χ3n) is 3.62. The molecule has 0 rings (SSSR count). The maximum absolute atomic E-state index is 5.31. The van der Waals surface area contributed by atoms with E-state index in [2.05, 4.69) is 6.58 Å². The molecule has 0 N–H and O–H groups in total. The van der Waals surface area contributed by atoms with E-state index in [-0.39, 0.29) is 0 Å². The van der Waals surface area contributed by atoms with Gasteiger partial charge in [0.1, 0.15) is 0 Å². The Bertz CT molecular complexity index is 182. The SMILES string of the molecule is C=CCCCCCCCCCCCC[SiH](OC)OC. The van der Waals surface area contributed by atoms with Crippen LogP contribution >= 0.6 is 0 Å². The monoisotopic (exact) mass is 286 g/mol. The van der Waals surface area contributed by atoms with Crippen LogP contribution in [0.15, 0.2) is 12.7 Å². The highest BCUT2D eigenvalue weighted by atomic mass is 28.3. The zero-order valence-electron chi connectivity index (χ0n) is 13.2. The lowest BCUT2D eigenvalue weighted by atomic mass is 10.1. The molecule has 0 aliphatic rings. The van der Waals surface area contributed by atoms with Crippen LogP contribution in [0.2, 0.25) is 6.04 Å². The molecule has 19 heavy (non-hydrogen) atoms. The first-order valence-corrected chi connectivity index (χ1v) is 9.77. The Morgan fingerprint density at radius 2 is 1.16 bits per heavy atom. The number of hydrogen-bond donors (Lipinski definition) is 0. The summed E-state index contributed by atoms with van der Waals surface area (Å²) in [6, 6.07) is 1.16. The van der Waals surface area contributed by atoms with Crippen LogP contribution in [0.25, 0.3) is 0 Å². The van der Waals surface area contributed by atoms with Crippen LogP contribution in [0.4, 0.5) is 0 Å². The van der Waals surface area contributed by atoms with Crippen LogP contribution < -0.4 is 0 Å². The molecular formula is C16H34O2Si. The van der Waals surface area contributed by atoms with E-state index in [0.717, 1.165) is 6.04 Å².